The summed E-state index contributed by atoms with van der Waals surface area (Å²) in [6.45, 7) is 4.83. The minimum Gasteiger partial charge on any atom is -0.393 e. The molecule has 0 fully saturated rings. The summed E-state index contributed by atoms with van der Waals surface area (Å²) in [4.78, 5) is 2.23. The normalized spacial score (nSPS) is 15.6. The van der Waals surface area contributed by atoms with Gasteiger partial charge in [-0.05, 0) is 27.3 Å². The molecule has 15 heavy (non-hydrogen) atoms. The number of aliphatic hydroxyl groups excluding tert-OH is 1. The van der Waals surface area contributed by atoms with Gasteiger partial charge in [-0.25, -0.2) is 0 Å². The summed E-state index contributed by atoms with van der Waals surface area (Å²) in [6.07, 6.45) is 4.46. The molecule has 4 heteroatoms. The Morgan fingerprint density at radius 3 is 2.67 bits per heavy atom. The second-order valence-corrected chi connectivity index (χ2v) is 4.37. The molecular formula is C11H21N3O. The van der Waals surface area contributed by atoms with Crippen LogP contribution >= 0.6 is 0 Å². The molecule has 0 aliphatic carbocycles. The molecule has 0 bridgehead atoms. The fraction of sp³-hybridized carbons (Fsp3) is 0.727. The van der Waals surface area contributed by atoms with Crippen molar-refractivity contribution in [3.05, 3.63) is 18.0 Å². The molecule has 1 N–H and O–H groups in total. The van der Waals surface area contributed by atoms with Crippen LogP contribution in [0.15, 0.2) is 12.4 Å². The van der Waals surface area contributed by atoms with E-state index < -0.39 is 0 Å². The monoisotopic (exact) mass is 211 g/mol. The van der Waals surface area contributed by atoms with Crippen LogP contribution in [0, 0.1) is 0 Å². The van der Waals surface area contributed by atoms with Crippen molar-refractivity contribution in [2.45, 2.75) is 39.0 Å². The molecule has 1 heterocycles. The molecule has 0 aromatic carbocycles. The van der Waals surface area contributed by atoms with Crippen LogP contribution in [0.25, 0.3) is 0 Å². The second kappa shape index (κ2) is 5.28. The van der Waals surface area contributed by atoms with Gasteiger partial charge in [0, 0.05) is 31.4 Å². The van der Waals surface area contributed by atoms with Gasteiger partial charge in [0.2, 0.25) is 0 Å². The molecule has 0 saturated heterocycles. The predicted octanol–water partition coefficient (Wildman–Crippen LogP) is 1.01. The largest absolute Gasteiger partial charge is 0.393 e. The van der Waals surface area contributed by atoms with Crippen LogP contribution in [0.4, 0.5) is 0 Å². The van der Waals surface area contributed by atoms with Gasteiger partial charge in [0.1, 0.15) is 0 Å². The van der Waals surface area contributed by atoms with E-state index in [2.05, 4.69) is 24.0 Å². The van der Waals surface area contributed by atoms with E-state index in [-0.39, 0.29) is 6.10 Å². The average Bonchev–Trinajstić information content (AvgIpc) is 2.50. The highest BCUT2D eigenvalue weighted by Crippen LogP contribution is 2.09. The molecule has 4 nitrogen and oxygen atoms in total. The lowest BCUT2D eigenvalue weighted by molar-refractivity contribution is 0.131. The minimum absolute atomic E-state index is 0.239. The van der Waals surface area contributed by atoms with Gasteiger partial charge >= 0.3 is 0 Å². The van der Waals surface area contributed by atoms with Crippen LogP contribution < -0.4 is 0 Å². The number of rotatable bonds is 5. The lowest BCUT2D eigenvalue weighted by Gasteiger charge is -2.25. The Kier molecular flexibility index (Phi) is 4.29. The smallest absolute Gasteiger partial charge is 0.0534 e. The van der Waals surface area contributed by atoms with E-state index in [0.717, 1.165) is 13.0 Å². The van der Waals surface area contributed by atoms with Crippen molar-refractivity contribution in [2.75, 3.05) is 7.05 Å². The highest BCUT2D eigenvalue weighted by Gasteiger charge is 2.12. The van der Waals surface area contributed by atoms with E-state index in [1.807, 2.05) is 31.0 Å². The highest BCUT2D eigenvalue weighted by molar-refractivity contribution is 5.03. The summed E-state index contributed by atoms with van der Waals surface area (Å²) in [6, 6.07) is 0.380. The van der Waals surface area contributed by atoms with Gasteiger partial charge in [0.25, 0.3) is 0 Å². The van der Waals surface area contributed by atoms with Crippen LogP contribution in [-0.2, 0) is 13.6 Å². The SMILES string of the molecule is CC(O)CC(C)N(C)Cc1cnn(C)c1. The van der Waals surface area contributed by atoms with E-state index in [9.17, 15) is 5.11 Å². The fourth-order valence-electron chi connectivity index (χ4n) is 1.67. The standard InChI is InChI=1S/C11H21N3O/c1-9(5-10(2)15)13(3)7-11-6-12-14(4)8-11/h6,8-10,15H,5,7H2,1-4H3. The van der Waals surface area contributed by atoms with E-state index in [1.165, 1.54) is 5.56 Å². The van der Waals surface area contributed by atoms with Crippen molar-refractivity contribution in [3.8, 4) is 0 Å². The van der Waals surface area contributed by atoms with Crippen LogP contribution in [0.2, 0.25) is 0 Å². The van der Waals surface area contributed by atoms with Crippen molar-refractivity contribution in [2.24, 2.45) is 7.05 Å². The molecule has 0 aliphatic heterocycles. The maximum absolute atomic E-state index is 9.30. The molecule has 0 radical (unpaired) electrons. The third-order valence-corrected chi connectivity index (χ3v) is 2.62. The Hall–Kier alpha value is -0.870. The molecule has 0 aliphatic rings. The maximum atomic E-state index is 9.30. The van der Waals surface area contributed by atoms with E-state index >= 15 is 0 Å². The predicted molar refractivity (Wildman–Crippen MR) is 60.4 cm³/mol. The van der Waals surface area contributed by atoms with E-state index in [0.29, 0.717) is 6.04 Å². The molecular weight excluding hydrogens is 190 g/mol. The molecule has 1 aromatic heterocycles. The summed E-state index contributed by atoms with van der Waals surface area (Å²) in [5, 5.41) is 13.4. The van der Waals surface area contributed by atoms with E-state index in [4.69, 9.17) is 0 Å². The number of aryl methyl sites for hydroxylation is 1. The molecule has 2 atom stereocenters. The Morgan fingerprint density at radius 2 is 2.20 bits per heavy atom. The summed E-state index contributed by atoms with van der Waals surface area (Å²) < 4.78 is 1.81. The molecule has 1 rings (SSSR count). The van der Waals surface area contributed by atoms with Gasteiger partial charge < -0.3 is 5.11 Å². The first-order valence-electron chi connectivity index (χ1n) is 5.35. The Labute approximate surface area is 91.5 Å². The summed E-state index contributed by atoms with van der Waals surface area (Å²) in [7, 11) is 3.99. The zero-order chi connectivity index (χ0) is 11.4. The molecule has 0 saturated carbocycles. The van der Waals surface area contributed by atoms with Crippen molar-refractivity contribution in [1.29, 1.82) is 0 Å². The van der Waals surface area contributed by atoms with Gasteiger partial charge in [-0.3, -0.25) is 9.58 Å². The average molecular weight is 211 g/mol. The van der Waals surface area contributed by atoms with Crippen LogP contribution in [-0.4, -0.2) is 39.0 Å². The minimum atomic E-state index is -0.239. The zero-order valence-corrected chi connectivity index (χ0v) is 10.0. The maximum Gasteiger partial charge on any atom is 0.0534 e. The number of aliphatic hydroxyl groups is 1. The topological polar surface area (TPSA) is 41.3 Å². The third-order valence-electron chi connectivity index (χ3n) is 2.62. The first kappa shape index (κ1) is 12.2. The Bertz CT molecular complexity index is 296. The van der Waals surface area contributed by atoms with Crippen molar-refractivity contribution in [3.63, 3.8) is 0 Å². The van der Waals surface area contributed by atoms with Gasteiger partial charge in [0.05, 0.1) is 12.3 Å². The molecule has 0 amide bonds. The fourth-order valence-corrected chi connectivity index (χ4v) is 1.67. The van der Waals surface area contributed by atoms with Gasteiger partial charge in [-0.15, -0.1) is 0 Å². The quantitative estimate of drug-likeness (QED) is 0.790. The van der Waals surface area contributed by atoms with Gasteiger partial charge in [-0.2, -0.15) is 5.10 Å². The summed E-state index contributed by atoms with van der Waals surface area (Å²) in [5.41, 5.74) is 1.21. The summed E-state index contributed by atoms with van der Waals surface area (Å²) >= 11 is 0. The van der Waals surface area contributed by atoms with Crippen molar-refractivity contribution >= 4 is 0 Å². The first-order valence-corrected chi connectivity index (χ1v) is 5.35. The number of hydrogen-bond acceptors (Lipinski definition) is 3. The first-order chi connectivity index (χ1) is 6.99. The highest BCUT2D eigenvalue weighted by atomic mass is 16.3. The molecule has 86 valence electrons. The van der Waals surface area contributed by atoms with Crippen LogP contribution in [0.1, 0.15) is 25.8 Å². The molecule has 1 aromatic rings. The van der Waals surface area contributed by atoms with E-state index in [1.54, 1.807) is 0 Å². The van der Waals surface area contributed by atoms with Crippen LogP contribution in [0.5, 0.6) is 0 Å². The lowest BCUT2D eigenvalue weighted by atomic mass is 10.1. The van der Waals surface area contributed by atoms with Crippen molar-refractivity contribution < 1.29 is 5.11 Å². The lowest BCUT2D eigenvalue weighted by Crippen LogP contribution is -2.31. The van der Waals surface area contributed by atoms with Crippen LogP contribution in [0.3, 0.4) is 0 Å². The molecule has 0 spiro atoms. The number of aromatic nitrogens is 2. The Balaban J connectivity index is 2.44. The molecule has 2 unspecified atom stereocenters. The summed E-state index contributed by atoms with van der Waals surface area (Å²) in [5.74, 6) is 0. The van der Waals surface area contributed by atoms with Crippen molar-refractivity contribution in [1.82, 2.24) is 14.7 Å². The second-order valence-electron chi connectivity index (χ2n) is 4.37. The zero-order valence-electron chi connectivity index (χ0n) is 10.0. The Morgan fingerprint density at radius 1 is 1.53 bits per heavy atom. The third kappa shape index (κ3) is 4.01. The van der Waals surface area contributed by atoms with Gasteiger partial charge in [-0.1, -0.05) is 0 Å². The number of nitrogens with zero attached hydrogens (tertiary/aromatic N) is 3. The number of hydrogen-bond donors (Lipinski definition) is 1. The van der Waals surface area contributed by atoms with Gasteiger partial charge in [0.15, 0.2) is 0 Å².